The van der Waals surface area contributed by atoms with Gasteiger partial charge in [0.2, 0.25) is 0 Å². The summed E-state index contributed by atoms with van der Waals surface area (Å²) in [6, 6.07) is 0. The predicted molar refractivity (Wildman–Crippen MR) is 67.8 cm³/mol. The standard InChI is InChI=1S/C11H24N2O3S/c1-3-10(2)11(14)9-12-17(15,16)13-7-5-4-6-8-13/h10-12,14H,3-9H2,1-2H3. The van der Waals surface area contributed by atoms with E-state index < -0.39 is 16.3 Å². The Morgan fingerprint density at radius 1 is 1.29 bits per heavy atom. The molecule has 0 bridgehead atoms. The van der Waals surface area contributed by atoms with E-state index in [1.165, 1.54) is 4.31 Å². The fourth-order valence-corrected chi connectivity index (χ4v) is 3.16. The molecule has 2 atom stereocenters. The number of aliphatic hydroxyl groups is 1. The molecular weight excluding hydrogens is 240 g/mol. The van der Waals surface area contributed by atoms with Crippen molar-refractivity contribution in [1.29, 1.82) is 0 Å². The van der Waals surface area contributed by atoms with Gasteiger partial charge in [0.05, 0.1) is 6.10 Å². The molecule has 1 aliphatic rings. The van der Waals surface area contributed by atoms with Gasteiger partial charge in [-0.1, -0.05) is 26.7 Å². The highest BCUT2D eigenvalue weighted by Crippen LogP contribution is 2.12. The average Bonchev–Trinajstić information content (AvgIpc) is 2.36. The van der Waals surface area contributed by atoms with E-state index in [1.807, 2.05) is 13.8 Å². The summed E-state index contributed by atoms with van der Waals surface area (Å²) in [5.41, 5.74) is 0. The summed E-state index contributed by atoms with van der Waals surface area (Å²) in [5.74, 6) is 0.110. The molecule has 0 saturated carbocycles. The first-order valence-electron chi connectivity index (χ1n) is 6.40. The summed E-state index contributed by atoms with van der Waals surface area (Å²) in [5, 5.41) is 9.73. The first kappa shape index (κ1) is 14.9. The number of aliphatic hydroxyl groups excluding tert-OH is 1. The van der Waals surface area contributed by atoms with Crippen molar-refractivity contribution in [3.8, 4) is 0 Å². The minimum Gasteiger partial charge on any atom is -0.391 e. The molecule has 1 aliphatic heterocycles. The van der Waals surface area contributed by atoms with Crippen molar-refractivity contribution in [2.24, 2.45) is 5.92 Å². The highest BCUT2D eigenvalue weighted by atomic mass is 32.2. The first-order chi connectivity index (χ1) is 7.97. The topological polar surface area (TPSA) is 69.6 Å². The van der Waals surface area contributed by atoms with E-state index in [-0.39, 0.29) is 12.5 Å². The van der Waals surface area contributed by atoms with Crippen molar-refractivity contribution in [2.75, 3.05) is 19.6 Å². The molecule has 0 spiro atoms. The van der Waals surface area contributed by atoms with E-state index in [0.717, 1.165) is 25.7 Å². The third-order valence-electron chi connectivity index (χ3n) is 3.43. The lowest BCUT2D eigenvalue weighted by atomic mass is 10.0. The first-order valence-corrected chi connectivity index (χ1v) is 7.84. The molecule has 1 fully saturated rings. The summed E-state index contributed by atoms with van der Waals surface area (Å²) in [7, 11) is -3.40. The highest BCUT2D eigenvalue weighted by Gasteiger charge is 2.24. The maximum absolute atomic E-state index is 11.9. The fourth-order valence-electron chi connectivity index (χ4n) is 1.86. The lowest BCUT2D eigenvalue weighted by molar-refractivity contribution is 0.118. The quantitative estimate of drug-likeness (QED) is 0.742. The zero-order valence-corrected chi connectivity index (χ0v) is 11.5. The van der Waals surface area contributed by atoms with E-state index in [0.29, 0.717) is 13.1 Å². The number of hydrogen-bond donors (Lipinski definition) is 2. The van der Waals surface area contributed by atoms with Gasteiger partial charge in [-0.05, 0) is 18.8 Å². The van der Waals surface area contributed by atoms with Crippen molar-refractivity contribution in [1.82, 2.24) is 9.03 Å². The van der Waals surface area contributed by atoms with Crippen molar-refractivity contribution < 1.29 is 13.5 Å². The molecule has 0 aromatic carbocycles. The molecule has 1 heterocycles. The maximum Gasteiger partial charge on any atom is 0.279 e. The largest absolute Gasteiger partial charge is 0.391 e. The molecule has 1 saturated heterocycles. The Morgan fingerprint density at radius 2 is 1.88 bits per heavy atom. The molecule has 0 aromatic heterocycles. The van der Waals surface area contributed by atoms with Crippen LogP contribution >= 0.6 is 0 Å². The molecule has 0 aromatic rings. The van der Waals surface area contributed by atoms with Crippen LogP contribution in [0.5, 0.6) is 0 Å². The SMILES string of the molecule is CCC(C)C(O)CNS(=O)(=O)N1CCCCC1. The van der Waals surface area contributed by atoms with Crippen LogP contribution in [0.15, 0.2) is 0 Å². The lowest BCUT2D eigenvalue weighted by Crippen LogP contribution is -2.46. The molecule has 102 valence electrons. The molecule has 0 aliphatic carbocycles. The smallest absolute Gasteiger partial charge is 0.279 e. The predicted octanol–water partition coefficient (Wildman–Crippen LogP) is 0.714. The van der Waals surface area contributed by atoms with Crippen LogP contribution in [0.1, 0.15) is 39.5 Å². The number of hydrogen-bond acceptors (Lipinski definition) is 3. The Labute approximate surface area is 104 Å². The zero-order chi connectivity index (χ0) is 12.9. The van der Waals surface area contributed by atoms with Crippen LogP contribution in [-0.2, 0) is 10.2 Å². The summed E-state index contributed by atoms with van der Waals surface area (Å²) >= 11 is 0. The fraction of sp³-hybridized carbons (Fsp3) is 1.00. The second-order valence-electron chi connectivity index (χ2n) is 4.77. The molecule has 6 heteroatoms. The summed E-state index contributed by atoms with van der Waals surface area (Å²) in [6.07, 6.45) is 3.18. The van der Waals surface area contributed by atoms with Gasteiger partial charge in [-0.2, -0.15) is 17.4 Å². The Hall–Kier alpha value is -0.170. The maximum atomic E-state index is 11.9. The van der Waals surface area contributed by atoms with Crippen molar-refractivity contribution in [3.05, 3.63) is 0 Å². The molecule has 5 nitrogen and oxygen atoms in total. The summed E-state index contributed by atoms with van der Waals surface area (Å²) < 4.78 is 27.8. The van der Waals surface area contributed by atoms with Gasteiger partial charge in [0.25, 0.3) is 10.2 Å². The molecular formula is C11H24N2O3S. The second kappa shape index (κ2) is 6.68. The minimum absolute atomic E-state index is 0.105. The number of piperidine rings is 1. The molecule has 0 radical (unpaired) electrons. The lowest BCUT2D eigenvalue weighted by Gasteiger charge is -2.27. The summed E-state index contributed by atoms with van der Waals surface area (Å²) in [4.78, 5) is 0. The van der Waals surface area contributed by atoms with E-state index in [2.05, 4.69) is 4.72 Å². The van der Waals surface area contributed by atoms with Crippen LogP contribution in [0, 0.1) is 5.92 Å². The zero-order valence-electron chi connectivity index (χ0n) is 10.7. The van der Waals surface area contributed by atoms with Crippen LogP contribution < -0.4 is 4.72 Å². The van der Waals surface area contributed by atoms with Crippen LogP contribution in [-0.4, -0.2) is 43.6 Å². The van der Waals surface area contributed by atoms with Crippen molar-refractivity contribution in [3.63, 3.8) is 0 Å². The monoisotopic (exact) mass is 264 g/mol. The van der Waals surface area contributed by atoms with E-state index in [1.54, 1.807) is 0 Å². The van der Waals surface area contributed by atoms with Gasteiger partial charge >= 0.3 is 0 Å². The van der Waals surface area contributed by atoms with Gasteiger partial charge in [0.1, 0.15) is 0 Å². The molecule has 17 heavy (non-hydrogen) atoms. The van der Waals surface area contributed by atoms with Gasteiger partial charge < -0.3 is 5.11 Å². The van der Waals surface area contributed by atoms with E-state index >= 15 is 0 Å². The highest BCUT2D eigenvalue weighted by molar-refractivity contribution is 7.87. The third-order valence-corrected chi connectivity index (χ3v) is 5.01. The van der Waals surface area contributed by atoms with E-state index in [9.17, 15) is 13.5 Å². The molecule has 2 N–H and O–H groups in total. The molecule has 0 amide bonds. The van der Waals surface area contributed by atoms with Crippen LogP contribution in [0.2, 0.25) is 0 Å². The molecule has 2 unspecified atom stereocenters. The Morgan fingerprint density at radius 3 is 2.41 bits per heavy atom. The van der Waals surface area contributed by atoms with Gasteiger partial charge in [-0.25, -0.2) is 0 Å². The van der Waals surface area contributed by atoms with Crippen molar-refractivity contribution >= 4 is 10.2 Å². The Bertz CT molecular complexity index is 313. The molecule has 1 rings (SSSR count). The van der Waals surface area contributed by atoms with Gasteiger partial charge in [0.15, 0.2) is 0 Å². The number of rotatable bonds is 6. The normalized spacial score (nSPS) is 22.3. The van der Waals surface area contributed by atoms with Gasteiger partial charge in [-0.15, -0.1) is 0 Å². The van der Waals surface area contributed by atoms with Crippen molar-refractivity contribution in [2.45, 2.75) is 45.6 Å². The second-order valence-corrected chi connectivity index (χ2v) is 6.52. The van der Waals surface area contributed by atoms with E-state index in [4.69, 9.17) is 0 Å². The van der Waals surface area contributed by atoms with Crippen LogP contribution in [0.4, 0.5) is 0 Å². The Kier molecular flexibility index (Phi) is 5.85. The Balaban J connectivity index is 2.43. The summed E-state index contributed by atoms with van der Waals surface area (Å²) in [6.45, 7) is 5.18. The van der Waals surface area contributed by atoms with Gasteiger partial charge in [-0.3, -0.25) is 0 Å². The van der Waals surface area contributed by atoms with Crippen LogP contribution in [0.25, 0.3) is 0 Å². The van der Waals surface area contributed by atoms with Gasteiger partial charge in [0, 0.05) is 19.6 Å². The average molecular weight is 264 g/mol. The number of nitrogens with zero attached hydrogens (tertiary/aromatic N) is 1. The minimum atomic E-state index is -3.40. The van der Waals surface area contributed by atoms with Crippen LogP contribution in [0.3, 0.4) is 0 Å². The number of nitrogens with one attached hydrogen (secondary N) is 1. The third kappa shape index (κ3) is 4.54.